The molecule has 0 aliphatic rings. The van der Waals surface area contributed by atoms with Crippen molar-refractivity contribution in [1.29, 1.82) is 0 Å². The maximum atomic E-state index is 13.2. The molecule has 0 aliphatic carbocycles. The topological polar surface area (TPSA) is 45.6 Å². The van der Waals surface area contributed by atoms with Gasteiger partial charge in [0.15, 0.2) is 0 Å². The first-order valence-electron chi connectivity index (χ1n) is 9.01. The second kappa shape index (κ2) is 9.11. The third-order valence-corrected chi connectivity index (χ3v) is 5.63. The highest BCUT2D eigenvalue weighted by Crippen LogP contribution is 2.31. The van der Waals surface area contributed by atoms with Crippen LogP contribution < -0.4 is 5.01 Å². The van der Waals surface area contributed by atoms with Crippen LogP contribution in [-0.4, -0.2) is 17.1 Å². The van der Waals surface area contributed by atoms with Gasteiger partial charge in [-0.25, -0.2) is 9.37 Å². The number of hydrogen-bond donors (Lipinski definition) is 0. The molecule has 0 unspecified atom stereocenters. The first-order chi connectivity index (χ1) is 14.6. The lowest BCUT2D eigenvalue weighted by atomic mass is 10.2. The van der Waals surface area contributed by atoms with E-state index >= 15 is 0 Å². The summed E-state index contributed by atoms with van der Waals surface area (Å²) in [5, 5.41) is 6.04. The summed E-state index contributed by atoms with van der Waals surface area (Å²) >= 11 is 4.82. The number of hydrogen-bond acceptors (Lipinski definition) is 4. The molecule has 4 rings (SSSR count). The van der Waals surface area contributed by atoms with Crippen molar-refractivity contribution in [2.75, 3.05) is 5.01 Å². The van der Waals surface area contributed by atoms with Crippen molar-refractivity contribution >= 4 is 60.8 Å². The number of carbonyl (C=O) groups excluding carboxylic acids is 1. The normalized spacial score (nSPS) is 11.5. The smallest absolute Gasteiger partial charge is 0.267 e. The minimum Gasteiger partial charge on any atom is -0.267 e. The van der Waals surface area contributed by atoms with Gasteiger partial charge < -0.3 is 0 Å². The highest BCUT2D eigenvalue weighted by Gasteiger charge is 2.17. The number of benzene rings is 3. The Hall–Kier alpha value is -3.16. The zero-order valence-electron chi connectivity index (χ0n) is 15.6. The van der Waals surface area contributed by atoms with Crippen LogP contribution in [0.1, 0.15) is 11.1 Å². The fraction of sp³-hybridized carbons (Fsp3) is 0. The number of nitrogens with zero attached hydrogens (tertiary/aromatic N) is 3. The summed E-state index contributed by atoms with van der Waals surface area (Å²) in [5.41, 5.74) is 2.35. The average molecular weight is 480 g/mol. The van der Waals surface area contributed by atoms with E-state index in [1.54, 1.807) is 18.2 Å². The summed E-state index contributed by atoms with van der Waals surface area (Å²) in [4.78, 5) is 17.5. The summed E-state index contributed by atoms with van der Waals surface area (Å²) in [6.07, 6.45) is 4.70. The van der Waals surface area contributed by atoms with E-state index < -0.39 is 0 Å². The third-order valence-electron chi connectivity index (χ3n) is 4.14. The highest BCUT2D eigenvalue weighted by atomic mass is 79.9. The Kier molecular flexibility index (Phi) is 6.11. The number of carbonyl (C=O) groups is 1. The molecule has 0 radical (unpaired) electrons. The third kappa shape index (κ3) is 4.87. The minimum atomic E-state index is -0.338. The molecule has 0 spiro atoms. The van der Waals surface area contributed by atoms with Gasteiger partial charge in [-0.05, 0) is 47.5 Å². The van der Waals surface area contributed by atoms with Gasteiger partial charge in [-0.2, -0.15) is 10.1 Å². The van der Waals surface area contributed by atoms with Gasteiger partial charge in [0.05, 0.1) is 16.4 Å². The molecule has 1 aromatic heterocycles. The molecule has 0 aliphatic heterocycles. The predicted molar refractivity (Wildman–Crippen MR) is 124 cm³/mol. The van der Waals surface area contributed by atoms with Crippen molar-refractivity contribution in [1.82, 2.24) is 4.98 Å². The largest absolute Gasteiger partial charge is 0.273 e. The second-order valence-electron chi connectivity index (χ2n) is 6.30. The Morgan fingerprint density at radius 1 is 1.03 bits per heavy atom. The number of amides is 1. The number of hydrazone groups is 1. The fourth-order valence-electron chi connectivity index (χ4n) is 2.65. The summed E-state index contributed by atoms with van der Waals surface area (Å²) in [6.45, 7) is 0. The van der Waals surface area contributed by atoms with Crippen LogP contribution in [0.4, 0.5) is 9.52 Å². The molecule has 0 fully saturated rings. The van der Waals surface area contributed by atoms with Gasteiger partial charge in [-0.15, -0.1) is 0 Å². The summed E-state index contributed by atoms with van der Waals surface area (Å²) in [5.74, 6) is -0.669. The molecular weight excluding hydrogens is 465 g/mol. The Labute approximate surface area is 185 Å². The zero-order chi connectivity index (χ0) is 20.9. The SMILES string of the molecule is O=C(/C=C/c1ccccc1)N(/N=C/c1ccc(F)cc1)c1nc2ccc(Br)cc2s1. The van der Waals surface area contributed by atoms with Gasteiger partial charge in [0, 0.05) is 10.5 Å². The molecule has 148 valence electrons. The number of thiazole rings is 1. The molecule has 30 heavy (non-hydrogen) atoms. The lowest BCUT2D eigenvalue weighted by Crippen LogP contribution is -2.23. The Morgan fingerprint density at radius 3 is 2.57 bits per heavy atom. The van der Waals surface area contributed by atoms with E-state index in [0.717, 1.165) is 20.3 Å². The number of aromatic nitrogens is 1. The van der Waals surface area contributed by atoms with Gasteiger partial charge in [0.1, 0.15) is 5.82 Å². The quantitative estimate of drug-likeness (QED) is 0.192. The van der Waals surface area contributed by atoms with Gasteiger partial charge in [-0.3, -0.25) is 4.79 Å². The maximum Gasteiger partial charge on any atom is 0.273 e. The van der Waals surface area contributed by atoms with Crippen molar-refractivity contribution in [2.24, 2.45) is 5.10 Å². The van der Waals surface area contributed by atoms with Crippen molar-refractivity contribution in [3.05, 3.63) is 100 Å². The lowest BCUT2D eigenvalue weighted by molar-refractivity contribution is -0.114. The van der Waals surface area contributed by atoms with E-state index in [0.29, 0.717) is 10.7 Å². The molecule has 0 N–H and O–H groups in total. The van der Waals surface area contributed by atoms with Crippen LogP contribution in [0.3, 0.4) is 0 Å². The van der Waals surface area contributed by atoms with E-state index in [2.05, 4.69) is 26.0 Å². The van der Waals surface area contributed by atoms with Crippen molar-refractivity contribution < 1.29 is 9.18 Å². The fourth-order valence-corrected chi connectivity index (χ4v) is 4.13. The average Bonchev–Trinajstić information content (AvgIpc) is 3.17. The molecule has 1 heterocycles. The number of anilines is 1. The van der Waals surface area contributed by atoms with Crippen LogP contribution in [0.5, 0.6) is 0 Å². The van der Waals surface area contributed by atoms with Gasteiger partial charge in [0.25, 0.3) is 5.91 Å². The van der Waals surface area contributed by atoms with Gasteiger partial charge >= 0.3 is 0 Å². The summed E-state index contributed by atoms with van der Waals surface area (Å²) < 4.78 is 15.0. The van der Waals surface area contributed by atoms with Crippen molar-refractivity contribution in [3.8, 4) is 0 Å². The molecular formula is C23H15BrFN3OS. The maximum absolute atomic E-state index is 13.2. The number of rotatable bonds is 5. The molecule has 4 nitrogen and oxygen atoms in total. The van der Waals surface area contributed by atoms with Gasteiger partial charge in [-0.1, -0.05) is 69.7 Å². The van der Waals surface area contributed by atoms with E-state index in [1.165, 1.54) is 40.8 Å². The Balaban J connectivity index is 1.68. The monoisotopic (exact) mass is 479 g/mol. The Morgan fingerprint density at radius 2 is 1.80 bits per heavy atom. The van der Waals surface area contributed by atoms with Crippen LogP contribution in [0.2, 0.25) is 0 Å². The van der Waals surface area contributed by atoms with E-state index in [1.807, 2.05) is 48.5 Å². The second-order valence-corrected chi connectivity index (χ2v) is 8.22. The predicted octanol–water partition coefficient (Wildman–Crippen LogP) is 6.28. The number of halogens is 2. The first kappa shape index (κ1) is 20.1. The standard InChI is InChI=1S/C23H15BrFN3OS/c24-18-9-12-20-21(14-18)30-23(27-20)28(26-15-17-6-10-19(25)11-7-17)22(29)13-8-16-4-2-1-3-5-16/h1-15H/b13-8+,26-15+. The highest BCUT2D eigenvalue weighted by molar-refractivity contribution is 9.10. The van der Waals surface area contributed by atoms with Crippen LogP contribution >= 0.6 is 27.3 Å². The minimum absolute atomic E-state index is 0.331. The summed E-state index contributed by atoms with van der Waals surface area (Å²) in [6, 6.07) is 21.1. The molecule has 1 amide bonds. The molecule has 0 bridgehead atoms. The van der Waals surface area contributed by atoms with Crippen LogP contribution in [-0.2, 0) is 4.79 Å². The number of fused-ring (bicyclic) bond motifs is 1. The molecule has 0 atom stereocenters. The van der Waals surface area contributed by atoms with Crippen molar-refractivity contribution in [3.63, 3.8) is 0 Å². The van der Waals surface area contributed by atoms with Gasteiger partial charge in [0.2, 0.25) is 5.13 Å². The van der Waals surface area contributed by atoms with Crippen LogP contribution in [0, 0.1) is 5.82 Å². The lowest BCUT2D eigenvalue weighted by Gasteiger charge is -2.11. The molecule has 0 saturated heterocycles. The zero-order valence-corrected chi connectivity index (χ0v) is 18.0. The molecule has 4 aromatic rings. The molecule has 3 aromatic carbocycles. The summed E-state index contributed by atoms with van der Waals surface area (Å²) in [7, 11) is 0. The van der Waals surface area contributed by atoms with E-state index in [-0.39, 0.29) is 11.7 Å². The van der Waals surface area contributed by atoms with E-state index in [4.69, 9.17) is 0 Å². The molecule has 0 saturated carbocycles. The van der Waals surface area contributed by atoms with Crippen molar-refractivity contribution in [2.45, 2.75) is 0 Å². The first-order valence-corrected chi connectivity index (χ1v) is 10.6. The van der Waals surface area contributed by atoms with Crippen LogP contribution in [0.25, 0.3) is 16.3 Å². The molecule has 7 heteroatoms. The van der Waals surface area contributed by atoms with E-state index in [9.17, 15) is 9.18 Å². The Bertz CT molecular complexity index is 1240. The van der Waals surface area contributed by atoms with Crippen LogP contribution in [0.15, 0.2) is 88.4 Å².